The Morgan fingerprint density at radius 3 is 2.43 bits per heavy atom. The molecule has 0 saturated carbocycles. The fraction of sp³-hybridized carbons (Fsp3) is 0.188. The number of H-pyrrole nitrogens is 1. The first kappa shape index (κ1) is 28.7. The normalized spacial score (nSPS) is 12.1. The van der Waals surface area contributed by atoms with Gasteiger partial charge in [0, 0.05) is 30.4 Å². The number of para-hydroxylation sites is 2. The number of hydrogen-bond acceptors (Lipinski definition) is 6. The molecule has 212 valence electrons. The van der Waals surface area contributed by atoms with Crippen molar-refractivity contribution in [2.75, 3.05) is 13.1 Å². The molecule has 3 aromatic carbocycles. The van der Waals surface area contributed by atoms with Crippen molar-refractivity contribution < 1.29 is 8.42 Å². The summed E-state index contributed by atoms with van der Waals surface area (Å²) in [5.41, 5.74) is 2.65. The SMILES string of the molecule is CCCN(CCC)S(=O)(=O)c1cccc(-c2nn(-c3ccccc3)cc2/C=C(\C#N)c2nc3ccccc3c(=O)[nH]2)c1. The molecule has 5 rings (SSSR count). The minimum atomic E-state index is -3.73. The summed E-state index contributed by atoms with van der Waals surface area (Å²) in [7, 11) is -3.73. The van der Waals surface area contributed by atoms with Gasteiger partial charge in [0.2, 0.25) is 10.0 Å². The van der Waals surface area contributed by atoms with Gasteiger partial charge in [0.25, 0.3) is 5.56 Å². The van der Waals surface area contributed by atoms with E-state index in [-0.39, 0.29) is 21.9 Å². The molecule has 0 unspecified atom stereocenters. The molecular formula is C32H30N6O3S. The summed E-state index contributed by atoms with van der Waals surface area (Å²) < 4.78 is 30.3. The Bertz CT molecular complexity index is 1970. The van der Waals surface area contributed by atoms with E-state index < -0.39 is 10.0 Å². The van der Waals surface area contributed by atoms with Crippen LogP contribution in [0, 0.1) is 11.3 Å². The van der Waals surface area contributed by atoms with Crippen LogP contribution in [-0.4, -0.2) is 45.6 Å². The molecule has 0 amide bonds. The zero-order chi connectivity index (χ0) is 29.7. The van der Waals surface area contributed by atoms with Crippen LogP contribution in [-0.2, 0) is 10.0 Å². The molecule has 0 aliphatic carbocycles. The fourth-order valence-corrected chi connectivity index (χ4v) is 6.43. The summed E-state index contributed by atoms with van der Waals surface area (Å²) in [6, 6.07) is 25.2. The van der Waals surface area contributed by atoms with E-state index in [9.17, 15) is 18.5 Å². The Labute approximate surface area is 244 Å². The molecule has 2 aromatic heterocycles. The van der Waals surface area contributed by atoms with E-state index in [1.54, 1.807) is 65.5 Å². The van der Waals surface area contributed by atoms with Crippen molar-refractivity contribution in [3.63, 3.8) is 0 Å². The zero-order valence-electron chi connectivity index (χ0n) is 23.4. The Hall–Kier alpha value is -4.85. The van der Waals surface area contributed by atoms with Crippen LogP contribution in [0.15, 0.2) is 94.7 Å². The molecular weight excluding hydrogens is 548 g/mol. The number of fused-ring (bicyclic) bond motifs is 1. The number of nitrogens with zero attached hydrogens (tertiary/aromatic N) is 5. The molecule has 10 heteroatoms. The van der Waals surface area contributed by atoms with Crippen LogP contribution in [0.4, 0.5) is 0 Å². The summed E-state index contributed by atoms with van der Waals surface area (Å²) in [5.74, 6) is 0.130. The van der Waals surface area contributed by atoms with Crippen LogP contribution in [0.1, 0.15) is 38.1 Å². The van der Waals surface area contributed by atoms with Gasteiger partial charge in [0.15, 0.2) is 5.82 Å². The third-order valence-corrected chi connectivity index (χ3v) is 8.64. The lowest BCUT2D eigenvalue weighted by Gasteiger charge is -2.21. The summed E-state index contributed by atoms with van der Waals surface area (Å²) in [6.45, 7) is 4.76. The van der Waals surface area contributed by atoms with Crippen LogP contribution in [0.2, 0.25) is 0 Å². The lowest BCUT2D eigenvalue weighted by molar-refractivity contribution is 0.410. The number of aromatic amines is 1. The van der Waals surface area contributed by atoms with Crippen LogP contribution in [0.25, 0.3) is 39.5 Å². The zero-order valence-corrected chi connectivity index (χ0v) is 24.2. The Morgan fingerprint density at radius 1 is 1.00 bits per heavy atom. The fourth-order valence-electron chi connectivity index (χ4n) is 4.76. The maximum absolute atomic E-state index is 13.6. The number of nitriles is 1. The highest BCUT2D eigenvalue weighted by molar-refractivity contribution is 7.89. The molecule has 2 heterocycles. The number of rotatable bonds is 10. The maximum atomic E-state index is 13.6. The van der Waals surface area contributed by atoms with Crippen LogP contribution in [0.5, 0.6) is 0 Å². The predicted octanol–water partition coefficient (Wildman–Crippen LogP) is 5.65. The first-order valence-corrected chi connectivity index (χ1v) is 15.2. The summed E-state index contributed by atoms with van der Waals surface area (Å²) in [5, 5.41) is 15.3. The molecule has 0 fully saturated rings. The standard InChI is InChI=1S/C32H30N6O3S/c1-3-17-37(18-4-2)42(40,41)27-14-10-11-23(20-27)30-25(22-38(36-30)26-12-6-5-7-13-26)19-24(21-33)31-34-29-16-9-8-15-28(29)32(39)35-31/h5-16,19-20,22H,3-4,17-18H2,1-2H3,(H,34,35,39)/b24-19+. The van der Waals surface area contributed by atoms with Crippen molar-refractivity contribution in [2.45, 2.75) is 31.6 Å². The first-order chi connectivity index (χ1) is 20.3. The van der Waals surface area contributed by atoms with Crippen molar-refractivity contribution in [3.8, 4) is 23.0 Å². The van der Waals surface area contributed by atoms with Gasteiger partial charge in [-0.15, -0.1) is 0 Å². The quantitative estimate of drug-likeness (QED) is 0.214. The topological polar surface area (TPSA) is 125 Å². The minimum absolute atomic E-state index is 0.130. The summed E-state index contributed by atoms with van der Waals surface area (Å²) in [6.07, 6.45) is 4.79. The molecule has 0 saturated heterocycles. The molecule has 42 heavy (non-hydrogen) atoms. The lowest BCUT2D eigenvalue weighted by Crippen LogP contribution is -2.32. The lowest BCUT2D eigenvalue weighted by atomic mass is 10.1. The third kappa shape index (κ3) is 5.79. The highest BCUT2D eigenvalue weighted by Crippen LogP contribution is 2.30. The molecule has 0 radical (unpaired) electrons. The number of sulfonamides is 1. The van der Waals surface area contributed by atoms with Gasteiger partial charge in [0.05, 0.1) is 27.1 Å². The van der Waals surface area contributed by atoms with Crippen molar-refractivity contribution >= 4 is 32.6 Å². The second kappa shape index (κ2) is 12.3. The molecule has 0 atom stereocenters. The van der Waals surface area contributed by atoms with E-state index in [0.29, 0.717) is 53.7 Å². The Morgan fingerprint density at radius 2 is 1.71 bits per heavy atom. The predicted molar refractivity (Wildman–Crippen MR) is 164 cm³/mol. The largest absolute Gasteiger partial charge is 0.305 e. The van der Waals surface area contributed by atoms with E-state index in [4.69, 9.17) is 5.10 Å². The third-order valence-electron chi connectivity index (χ3n) is 6.74. The van der Waals surface area contributed by atoms with Gasteiger partial charge >= 0.3 is 0 Å². The number of nitrogens with one attached hydrogen (secondary N) is 1. The molecule has 0 spiro atoms. The average molecular weight is 579 g/mol. The van der Waals surface area contributed by atoms with Gasteiger partial charge < -0.3 is 4.98 Å². The van der Waals surface area contributed by atoms with Crippen LogP contribution < -0.4 is 5.56 Å². The summed E-state index contributed by atoms with van der Waals surface area (Å²) in [4.78, 5) is 20.1. The number of aromatic nitrogens is 4. The van der Waals surface area contributed by atoms with E-state index in [0.717, 1.165) is 5.69 Å². The van der Waals surface area contributed by atoms with E-state index in [2.05, 4.69) is 16.0 Å². The van der Waals surface area contributed by atoms with Gasteiger partial charge in [-0.05, 0) is 55.3 Å². The Balaban J connectivity index is 1.66. The van der Waals surface area contributed by atoms with Gasteiger partial charge in [-0.1, -0.05) is 56.3 Å². The average Bonchev–Trinajstić information content (AvgIpc) is 3.44. The van der Waals surface area contributed by atoms with Gasteiger partial charge in [0.1, 0.15) is 11.8 Å². The van der Waals surface area contributed by atoms with Gasteiger partial charge in [-0.25, -0.2) is 18.1 Å². The Kier molecular flexibility index (Phi) is 8.43. The van der Waals surface area contributed by atoms with Gasteiger partial charge in [-0.3, -0.25) is 4.79 Å². The molecule has 0 bridgehead atoms. The van der Waals surface area contributed by atoms with E-state index in [1.807, 2.05) is 44.2 Å². The molecule has 0 aliphatic heterocycles. The second-order valence-corrected chi connectivity index (χ2v) is 11.7. The van der Waals surface area contributed by atoms with Crippen molar-refractivity contribution in [1.82, 2.24) is 24.1 Å². The van der Waals surface area contributed by atoms with E-state index >= 15 is 0 Å². The number of allylic oxidation sites excluding steroid dienone is 1. The smallest absolute Gasteiger partial charge is 0.259 e. The van der Waals surface area contributed by atoms with Crippen LogP contribution in [0.3, 0.4) is 0 Å². The molecule has 0 aliphatic rings. The molecule has 5 aromatic rings. The molecule has 9 nitrogen and oxygen atoms in total. The van der Waals surface area contributed by atoms with Crippen molar-refractivity contribution in [2.24, 2.45) is 0 Å². The van der Waals surface area contributed by atoms with Gasteiger partial charge in [-0.2, -0.15) is 14.7 Å². The van der Waals surface area contributed by atoms with E-state index in [1.165, 1.54) is 4.31 Å². The minimum Gasteiger partial charge on any atom is -0.305 e. The van der Waals surface area contributed by atoms with Crippen molar-refractivity contribution in [3.05, 3.63) is 107 Å². The van der Waals surface area contributed by atoms with Crippen LogP contribution >= 0.6 is 0 Å². The van der Waals surface area contributed by atoms with Crippen molar-refractivity contribution in [1.29, 1.82) is 5.26 Å². The number of hydrogen-bond donors (Lipinski definition) is 1. The summed E-state index contributed by atoms with van der Waals surface area (Å²) >= 11 is 0. The highest BCUT2D eigenvalue weighted by atomic mass is 32.2. The molecule has 1 N–H and O–H groups in total. The number of benzene rings is 3. The highest BCUT2D eigenvalue weighted by Gasteiger charge is 2.24. The first-order valence-electron chi connectivity index (χ1n) is 13.7. The maximum Gasteiger partial charge on any atom is 0.259 e. The second-order valence-electron chi connectivity index (χ2n) is 9.75. The monoisotopic (exact) mass is 578 g/mol.